The number of hydrogen-bond donors (Lipinski definition) is 0. The van der Waals surface area contributed by atoms with Gasteiger partial charge in [-0.15, -0.1) is 11.3 Å². The molecule has 0 spiro atoms. The second kappa shape index (κ2) is 9.10. The van der Waals surface area contributed by atoms with Gasteiger partial charge in [-0.2, -0.15) is 0 Å². The number of fused-ring (bicyclic) bond motifs is 7. The lowest BCUT2D eigenvalue weighted by molar-refractivity contribution is 1.02. The van der Waals surface area contributed by atoms with E-state index in [0.29, 0.717) is 5.95 Å². The second-order valence-electron chi connectivity index (χ2n) is 10.7. The van der Waals surface area contributed by atoms with Crippen LogP contribution in [-0.4, -0.2) is 14.5 Å². The van der Waals surface area contributed by atoms with Gasteiger partial charge in [0.15, 0.2) is 0 Å². The Labute approximate surface area is 246 Å². The molecule has 9 aromatic rings. The first-order valence-corrected chi connectivity index (χ1v) is 15.0. The molecule has 0 saturated heterocycles. The summed E-state index contributed by atoms with van der Waals surface area (Å²) in [5, 5.41) is 12.8. The van der Waals surface area contributed by atoms with Crippen LogP contribution < -0.4 is 0 Å². The van der Waals surface area contributed by atoms with Crippen LogP contribution in [0.25, 0.3) is 82.6 Å². The van der Waals surface area contributed by atoms with Gasteiger partial charge in [-0.25, -0.2) is 9.97 Å². The third-order valence-corrected chi connectivity index (χ3v) is 9.08. The highest BCUT2D eigenvalue weighted by Crippen LogP contribution is 2.38. The quantitative estimate of drug-likeness (QED) is 0.218. The van der Waals surface area contributed by atoms with Gasteiger partial charge in [0.25, 0.3) is 0 Å². The van der Waals surface area contributed by atoms with Gasteiger partial charge < -0.3 is 0 Å². The summed E-state index contributed by atoms with van der Waals surface area (Å²) in [7, 11) is 0. The summed E-state index contributed by atoms with van der Waals surface area (Å²) in [5.41, 5.74) is 7.65. The van der Waals surface area contributed by atoms with Crippen molar-refractivity contribution in [2.24, 2.45) is 0 Å². The minimum Gasteiger partial charge on any atom is -0.278 e. The van der Waals surface area contributed by atoms with Crippen molar-refractivity contribution < 1.29 is 0 Å². The average Bonchev–Trinajstić information content (AvgIpc) is 3.67. The van der Waals surface area contributed by atoms with E-state index in [1.165, 1.54) is 43.4 Å². The van der Waals surface area contributed by atoms with E-state index in [1.807, 2.05) is 0 Å². The Hall–Kier alpha value is -5.32. The van der Waals surface area contributed by atoms with Crippen LogP contribution in [0, 0.1) is 0 Å². The highest BCUT2D eigenvalue weighted by Gasteiger charge is 2.19. The van der Waals surface area contributed by atoms with Gasteiger partial charge in [0.2, 0.25) is 5.95 Å². The first-order chi connectivity index (χ1) is 20.8. The fourth-order valence-corrected chi connectivity index (χ4v) is 7.15. The van der Waals surface area contributed by atoms with Crippen LogP contribution in [0.4, 0.5) is 0 Å². The molecule has 3 aromatic heterocycles. The summed E-state index contributed by atoms with van der Waals surface area (Å²) in [6.45, 7) is 0. The van der Waals surface area contributed by atoms with Gasteiger partial charge in [-0.1, -0.05) is 115 Å². The molecule has 196 valence electrons. The molecule has 6 aromatic carbocycles. The summed E-state index contributed by atoms with van der Waals surface area (Å²) in [6, 6.07) is 45.4. The normalized spacial score (nSPS) is 11.8. The zero-order valence-corrected chi connectivity index (χ0v) is 23.3. The van der Waals surface area contributed by atoms with E-state index in [0.717, 1.165) is 33.2 Å². The van der Waals surface area contributed by atoms with Crippen LogP contribution in [0.15, 0.2) is 138 Å². The van der Waals surface area contributed by atoms with Crippen LogP contribution >= 0.6 is 11.3 Å². The Kier molecular flexibility index (Phi) is 5.07. The average molecular weight is 554 g/mol. The highest BCUT2D eigenvalue weighted by atomic mass is 32.1. The molecule has 0 radical (unpaired) electrons. The molecular formula is C38H23N3S. The molecule has 0 bridgehead atoms. The summed E-state index contributed by atoms with van der Waals surface area (Å²) in [6.07, 6.45) is 0. The lowest BCUT2D eigenvalue weighted by Gasteiger charge is -2.11. The molecule has 0 unspecified atom stereocenters. The lowest BCUT2D eigenvalue weighted by Crippen LogP contribution is -2.02. The smallest absolute Gasteiger partial charge is 0.235 e. The predicted molar refractivity (Wildman–Crippen MR) is 178 cm³/mol. The van der Waals surface area contributed by atoms with E-state index < -0.39 is 0 Å². The molecular weight excluding hydrogens is 531 g/mol. The molecule has 0 amide bonds. The van der Waals surface area contributed by atoms with Crippen LogP contribution in [0.1, 0.15) is 0 Å². The van der Waals surface area contributed by atoms with Crippen molar-refractivity contribution in [3.8, 4) is 28.3 Å². The summed E-state index contributed by atoms with van der Waals surface area (Å²) in [4.78, 5) is 10.4. The van der Waals surface area contributed by atoms with Crippen LogP contribution in [0.3, 0.4) is 0 Å². The third-order valence-electron chi connectivity index (χ3n) is 8.35. The molecule has 0 aliphatic rings. The van der Waals surface area contributed by atoms with Gasteiger partial charge in [0.05, 0.1) is 22.2 Å². The van der Waals surface area contributed by atoms with Crippen molar-refractivity contribution in [2.45, 2.75) is 0 Å². The number of aromatic nitrogens is 3. The van der Waals surface area contributed by atoms with Gasteiger partial charge in [0.1, 0.15) is 0 Å². The van der Waals surface area contributed by atoms with Crippen molar-refractivity contribution in [3.63, 3.8) is 0 Å². The van der Waals surface area contributed by atoms with E-state index in [-0.39, 0.29) is 0 Å². The molecule has 0 aliphatic carbocycles. The Morgan fingerprint density at radius 3 is 2.02 bits per heavy atom. The first kappa shape index (κ1) is 23.4. The van der Waals surface area contributed by atoms with Gasteiger partial charge in [0, 0.05) is 32.5 Å². The molecule has 3 nitrogen and oxygen atoms in total. The topological polar surface area (TPSA) is 30.7 Å². The van der Waals surface area contributed by atoms with Crippen molar-refractivity contribution in [2.75, 3.05) is 0 Å². The van der Waals surface area contributed by atoms with Gasteiger partial charge in [-0.05, 0) is 44.8 Å². The van der Waals surface area contributed by atoms with Crippen molar-refractivity contribution in [3.05, 3.63) is 138 Å². The molecule has 42 heavy (non-hydrogen) atoms. The maximum Gasteiger partial charge on any atom is 0.235 e. The third kappa shape index (κ3) is 3.46. The van der Waals surface area contributed by atoms with E-state index in [1.54, 1.807) is 11.3 Å². The summed E-state index contributed by atoms with van der Waals surface area (Å²) in [5.74, 6) is 0.690. The molecule has 9 rings (SSSR count). The SMILES string of the molecule is c1ccc2c(-c3ccc(-c4nc(-n5c6ccccc6c6c7ccccc7ccc65)nc5cscc45)cc3)cccc2c1. The number of thiophene rings is 1. The lowest BCUT2D eigenvalue weighted by atomic mass is 9.97. The molecule has 3 heterocycles. The number of rotatable bonds is 3. The van der Waals surface area contributed by atoms with E-state index in [2.05, 4.69) is 143 Å². The highest BCUT2D eigenvalue weighted by molar-refractivity contribution is 7.09. The Morgan fingerprint density at radius 2 is 1.17 bits per heavy atom. The maximum absolute atomic E-state index is 5.28. The molecule has 0 aliphatic heterocycles. The molecule has 0 fully saturated rings. The molecule has 0 N–H and O–H groups in total. The minimum atomic E-state index is 0.690. The fraction of sp³-hybridized carbons (Fsp3) is 0. The standard InChI is InChI=1S/C38H23N3S/c1-3-11-28-24(8-1)10-7-14-29(28)26-16-18-27(19-17-26)37-32-22-42-23-33(32)39-38(40-37)41-34-15-6-5-13-31(34)36-30-12-4-2-9-25(30)20-21-35(36)41/h1-23H. The first-order valence-electron chi connectivity index (χ1n) is 14.1. The summed E-state index contributed by atoms with van der Waals surface area (Å²) >= 11 is 1.67. The van der Waals surface area contributed by atoms with Crippen LogP contribution in [-0.2, 0) is 0 Å². The zero-order chi connectivity index (χ0) is 27.6. The number of para-hydroxylation sites is 1. The van der Waals surface area contributed by atoms with Crippen molar-refractivity contribution in [1.29, 1.82) is 0 Å². The van der Waals surface area contributed by atoms with Crippen molar-refractivity contribution in [1.82, 2.24) is 14.5 Å². The van der Waals surface area contributed by atoms with Crippen molar-refractivity contribution >= 4 is 65.6 Å². The molecule has 0 atom stereocenters. The van der Waals surface area contributed by atoms with Crippen LogP contribution in [0.5, 0.6) is 0 Å². The Bertz CT molecular complexity index is 2460. The van der Waals surface area contributed by atoms with E-state index in [4.69, 9.17) is 9.97 Å². The van der Waals surface area contributed by atoms with Gasteiger partial charge >= 0.3 is 0 Å². The Morgan fingerprint density at radius 1 is 0.476 bits per heavy atom. The number of nitrogens with zero attached hydrogens (tertiary/aromatic N) is 3. The predicted octanol–water partition coefficient (Wildman–Crippen LogP) is 10.4. The summed E-state index contributed by atoms with van der Waals surface area (Å²) < 4.78 is 2.22. The monoisotopic (exact) mass is 553 g/mol. The van der Waals surface area contributed by atoms with E-state index >= 15 is 0 Å². The van der Waals surface area contributed by atoms with Gasteiger partial charge in [-0.3, -0.25) is 4.57 Å². The maximum atomic E-state index is 5.28. The zero-order valence-electron chi connectivity index (χ0n) is 22.5. The molecule has 0 saturated carbocycles. The van der Waals surface area contributed by atoms with E-state index in [9.17, 15) is 0 Å². The number of hydrogen-bond acceptors (Lipinski definition) is 3. The number of benzene rings is 6. The second-order valence-corrected chi connectivity index (χ2v) is 11.4. The Balaban J connectivity index is 1.26. The molecule has 4 heteroatoms. The largest absolute Gasteiger partial charge is 0.278 e. The minimum absolute atomic E-state index is 0.690. The fourth-order valence-electron chi connectivity index (χ4n) is 6.41. The van der Waals surface area contributed by atoms with Crippen LogP contribution in [0.2, 0.25) is 0 Å².